The standard InChI is InChI=1S/C23H21NO6S/c25-22(19-7-6-16-3-1-4-18(16)13-19)15-30-23(26)17-8-10-21(11-9-17)31(27,28)24-14-20-5-2-12-29-20/h2,5-13,24H,1,3-4,14-15H2. The smallest absolute Gasteiger partial charge is 0.338 e. The van der Waals surface area contributed by atoms with Gasteiger partial charge in [-0.3, -0.25) is 4.79 Å². The highest BCUT2D eigenvalue weighted by Crippen LogP contribution is 2.23. The van der Waals surface area contributed by atoms with Gasteiger partial charge in [-0.25, -0.2) is 17.9 Å². The van der Waals surface area contributed by atoms with Crippen molar-refractivity contribution in [1.82, 2.24) is 4.72 Å². The fourth-order valence-corrected chi connectivity index (χ4v) is 4.47. The van der Waals surface area contributed by atoms with Crippen LogP contribution in [0.15, 0.2) is 70.2 Å². The van der Waals surface area contributed by atoms with Crippen molar-refractivity contribution in [3.8, 4) is 0 Å². The molecule has 1 aliphatic carbocycles. The molecule has 0 atom stereocenters. The van der Waals surface area contributed by atoms with Crippen LogP contribution in [0.4, 0.5) is 0 Å². The maximum absolute atomic E-state index is 12.4. The zero-order valence-corrected chi connectivity index (χ0v) is 17.5. The summed E-state index contributed by atoms with van der Waals surface area (Å²) < 4.78 is 37.3. The molecule has 0 saturated heterocycles. The number of benzene rings is 2. The van der Waals surface area contributed by atoms with Crippen molar-refractivity contribution in [1.29, 1.82) is 0 Å². The lowest BCUT2D eigenvalue weighted by atomic mass is 10.0. The quantitative estimate of drug-likeness (QED) is 0.427. The molecule has 1 aliphatic rings. The van der Waals surface area contributed by atoms with Crippen molar-refractivity contribution in [2.24, 2.45) is 0 Å². The highest BCUT2D eigenvalue weighted by atomic mass is 32.2. The zero-order valence-electron chi connectivity index (χ0n) is 16.7. The summed E-state index contributed by atoms with van der Waals surface area (Å²) in [5.74, 6) is -0.483. The van der Waals surface area contributed by atoms with E-state index in [1.165, 1.54) is 41.7 Å². The minimum Gasteiger partial charge on any atom is -0.468 e. The van der Waals surface area contributed by atoms with Gasteiger partial charge in [0, 0.05) is 5.56 Å². The van der Waals surface area contributed by atoms with Crippen LogP contribution < -0.4 is 4.72 Å². The molecule has 3 aromatic rings. The number of nitrogens with one attached hydrogen (secondary N) is 1. The summed E-state index contributed by atoms with van der Waals surface area (Å²) >= 11 is 0. The average molecular weight is 439 g/mol. The molecular formula is C23H21NO6S. The Kier molecular flexibility index (Phi) is 6.01. The topological polar surface area (TPSA) is 103 Å². The van der Waals surface area contributed by atoms with Crippen molar-refractivity contribution >= 4 is 21.8 Å². The summed E-state index contributed by atoms with van der Waals surface area (Å²) in [6, 6.07) is 14.2. The number of ketones is 1. The summed E-state index contributed by atoms with van der Waals surface area (Å²) in [7, 11) is -3.76. The minimum atomic E-state index is -3.76. The maximum Gasteiger partial charge on any atom is 0.338 e. The second-order valence-corrected chi connectivity index (χ2v) is 9.03. The molecule has 0 amide bonds. The number of ether oxygens (including phenoxy) is 1. The molecule has 160 valence electrons. The number of hydrogen-bond donors (Lipinski definition) is 1. The van der Waals surface area contributed by atoms with Crippen LogP contribution in [0, 0.1) is 0 Å². The van der Waals surface area contributed by atoms with E-state index in [4.69, 9.17) is 9.15 Å². The Balaban J connectivity index is 1.34. The molecule has 0 unspecified atom stereocenters. The Morgan fingerprint density at radius 3 is 2.45 bits per heavy atom. The van der Waals surface area contributed by atoms with Crippen molar-refractivity contribution < 1.29 is 27.2 Å². The highest BCUT2D eigenvalue weighted by Gasteiger charge is 2.18. The monoisotopic (exact) mass is 439 g/mol. The lowest BCUT2D eigenvalue weighted by Gasteiger charge is -2.08. The number of esters is 1. The molecule has 7 nitrogen and oxygen atoms in total. The Morgan fingerprint density at radius 2 is 1.71 bits per heavy atom. The Morgan fingerprint density at radius 1 is 0.968 bits per heavy atom. The molecule has 8 heteroatoms. The number of carbonyl (C=O) groups is 2. The normalized spacial score (nSPS) is 13.0. The maximum atomic E-state index is 12.4. The van der Waals surface area contributed by atoms with Gasteiger partial charge in [0.2, 0.25) is 10.0 Å². The van der Waals surface area contributed by atoms with Crippen molar-refractivity contribution in [2.75, 3.05) is 6.61 Å². The van der Waals surface area contributed by atoms with Crippen LogP contribution >= 0.6 is 0 Å². The van der Waals surface area contributed by atoms with Crippen LogP contribution in [-0.2, 0) is 34.1 Å². The van der Waals surface area contributed by atoms with E-state index in [2.05, 4.69) is 4.72 Å². The van der Waals surface area contributed by atoms with Gasteiger partial charge in [-0.2, -0.15) is 0 Å². The molecule has 0 spiro atoms. The highest BCUT2D eigenvalue weighted by molar-refractivity contribution is 7.89. The Bertz CT molecular complexity index is 1200. The van der Waals surface area contributed by atoms with Gasteiger partial charge in [0.1, 0.15) is 5.76 Å². The summed E-state index contributed by atoms with van der Waals surface area (Å²) in [6.07, 6.45) is 4.54. The molecule has 1 N–H and O–H groups in total. The van der Waals surface area contributed by atoms with Gasteiger partial charge in [-0.05, 0) is 72.9 Å². The van der Waals surface area contributed by atoms with Crippen LogP contribution in [0.3, 0.4) is 0 Å². The average Bonchev–Trinajstić information content (AvgIpc) is 3.47. The number of Topliss-reactive ketones (excluding diaryl/α,β-unsaturated/α-hetero) is 1. The van der Waals surface area contributed by atoms with Gasteiger partial charge in [-0.15, -0.1) is 0 Å². The fraction of sp³-hybridized carbons (Fsp3) is 0.217. The van der Waals surface area contributed by atoms with E-state index in [1.807, 2.05) is 12.1 Å². The van der Waals surface area contributed by atoms with Crippen LogP contribution in [0.1, 0.15) is 44.0 Å². The molecule has 0 fully saturated rings. The first kappa shape index (κ1) is 21.0. The second-order valence-electron chi connectivity index (χ2n) is 7.26. The first-order chi connectivity index (χ1) is 14.9. The predicted molar refractivity (Wildman–Crippen MR) is 112 cm³/mol. The zero-order chi connectivity index (χ0) is 21.8. The number of carbonyl (C=O) groups excluding carboxylic acids is 2. The summed E-state index contributed by atoms with van der Waals surface area (Å²) in [5.41, 5.74) is 3.13. The van der Waals surface area contributed by atoms with E-state index in [0.717, 1.165) is 19.3 Å². The molecule has 1 aromatic heterocycles. The SMILES string of the molecule is O=C(COC(=O)c1ccc(S(=O)(=O)NCc2ccco2)cc1)c1ccc2c(c1)CCC2. The number of hydrogen-bond acceptors (Lipinski definition) is 6. The molecule has 1 heterocycles. The third kappa shape index (κ3) is 4.92. The molecule has 0 saturated carbocycles. The second kappa shape index (κ2) is 8.87. The summed E-state index contributed by atoms with van der Waals surface area (Å²) in [5, 5.41) is 0. The third-order valence-electron chi connectivity index (χ3n) is 5.17. The number of fused-ring (bicyclic) bond motifs is 1. The van der Waals surface area contributed by atoms with E-state index < -0.39 is 16.0 Å². The predicted octanol–water partition coefficient (Wildman–Crippen LogP) is 3.29. The Hall–Kier alpha value is -3.23. The lowest BCUT2D eigenvalue weighted by Crippen LogP contribution is -2.23. The molecule has 4 rings (SSSR count). The van der Waals surface area contributed by atoms with Gasteiger partial charge < -0.3 is 9.15 Å². The Labute approximate surface area is 180 Å². The summed E-state index contributed by atoms with van der Waals surface area (Å²) in [4.78, 5) is 24.6. The minimum absolute atomic E-state index is 0.00447. The van der Waals surface area contributed by atoms with E-state index in [-0.39, 0.29) is 29.4 Å². The van der Waals surface area contributed by atoms with Crippen LogP contribution in [0.2, 0.25) is 0 Å². The fourth-order valence-electron chi connectivity index (χ4n) is 3.48. The largest absolute Gasteiger partial charge is 0.468 e. The van der Waals surface area contributed by atoms with E-state index in [0.29, 0.717) is 11.3 Å². The van der Waals surface area contributed by atoms with Gasteiger partial charge >= 0.3 is 5.97 Å². The van der Waals surface area contributed by atoms with Gasteiger partial charge in [0.15, 0.2) is 12.4 Å². The van der Waals surface area contributed by atoms with Crippen LogP contribution in [0.25, 0.3) is 0 Å². The van der Waals surface area contributed by atoms with Crippen molar-refractivity contribution in [3.05, 3.63) is 88.9 Å². The number of rotatable bonds is 8. The molecule has 0 aliphatic heterocycles. The van der Waals surface area contributed by atoms with E-state index in [1.54, 1.807) is 18.2 Å². The molecular weight excluding hydrogens is 418 g/mol. The lowest BCUT2D eigenvalue weighted by molar-refractivity contribution is 0.0474. The van der Waals surface area contributed by atoms with Crippen LogP contribution in [0.5, 0.6) is 0 Å². The molecule has 0 bridgehead atoms. The first-order valence-corrected chi connectivity index (χ1v) is 11.3. The summed E-state index contributed by atoms with van der Waals surface area (Å²) in [6.45, 7) is -0.355. The molecule has 0 radical (unpaired) electrons. The number of sulfonamides is 1. The third-order valence-corrected chi connectivity index (χ3v) is 6.59. The van der Waals surface area contributed by atoms with Crippen molar-refractivity contribution in [3.63, 3.8) is 0 Å². The first-order valence-electron chi connectivity index (χ1n) is 9.86. The number of aryl methyl sites for hydroxylation is 2. The van der Waals surface area contributed by atoms with E-state index >= 15 is 0 Å². The van der Waals surface area contributed by atoms with Crippen molar-refractivity contribution in [2.45, 2.75) is 30.7 Å². The molecule has 31 heavy (non-hydrogen) atoms. The van der Waals surface area contributed by atoms with Crippen LogP contribution in [-0.4, -0.2) is 26.8 Å². The number of furan rings is 1. The molecule has 2 aromatic carbocycles. The van der Waals surface area contributed by atoms with Gasteiger partial charge in [0.25, 0.3) is 0 Å². The van der Waals surface area contributed by atoms with E-state index in [9.17, 15) is 18.0 Å². The van der Waals surface area contributed by atoms with Gasteiger partial charge in [0.05, 0.1) is 23.3 Å². The van der Waals surface area contributed by atoms with Gasteiger partial charge in [-0.1, -0.05) is 12.1 Å².